The topological polar surface area (TPSA) is 50.8 Å². The first-order valence-corrected chi connectivity index (χ1v) is 3.03. The van der Waals surface area contributed by atoms with E-state index in [0.29, 0.717) is 0 Å². The fourth-order valence-electron chi connectivity index (χ4n) is 0.350. The third kappa shape index (κ3) is 4.69. The molecule has 62 valence electrons. The highest BCUT2D eigenvalue weighted by Crippen LogP contribution is 1.91. The Bertz CT molecular complexity index is 66.1. The van der Waals surface area contributed by atoms with Crippen molar-refractivity contribution in [3.63, 3.8) is 0 Å². The predicted molar refractivity (Wildman–Crippen MR) is 33.2 cm³/mol. The fraction of sp³-hybridized carbons (Fsp3) is 1.00. The van der Waals surface area contributed by atoms with Crippen LogP contribution in [0.25, 0.3) is 0 Å². The Hall–Kier alpha value is -0.160. The van der Waals surface area contributed by atoms with E-state index in [9.17, 15) is 5.11 Å². The second kappa shape index (κ2) is 5.61. The maximum Gasteiger partial charge on any atom is 0.154 e. The van der Waals surface area contributed by atoms with Crippen molar-refractivity contribution in [1.29, 1.82) is 0 Å². The van der Waals surface area contributed by atoms with Gasteiger partial charge in [0.15, 0.2) is 6.29 Å². The molecule has 0 aromatic carbocycles. The number of rotatable bonds is 5. The van der Waals surface area contributed by atoms with Gasteiger partial charge in [-0.05, 0) is 6.92 Å². The van der Waals surface area contributed by atoms with Gasteiger partial charge in [-0.2, -0.15) is 0 Å². The zero-order chi connectivity index (χ0) is 7.98. The van der Waals surface area contributed by atoms with Crippen LogP contribution in [0, 0.1) is 0 Å². The average Bonchev–Trinajstić information content (AvgIpc) is 1.99. The Morgan fingerprint density at radius 2 is 1.90 bits per heavy atom. The molecule has 0 aliphatic rings. The van der Waals surface area contributed by atoms with Crippen LogP contribution in [0.3, 0.4) is 0 Å². The van der Waals surface area contributed by atoms with E-state index in [2.05, 4.69) is 4.74 Å². The van der Waals surface area contributed by atoms with Crippen LogP contribution in [0.2, 0.25) is 0 Å². The van der Waals surface area contributed by atoms with Crippen molar-refractivity contribution in [2.24, 2.45) is 0 Å². The Balaban J connectivity index is 3.17. The van der Waals surface area contributed by atoms with Gasteiger partial charge in [0, 0.05) is 20.5 Å². The third-order valence-corrected chi connectivity index (χ3v) is 1.06. The summed E-state index contributed by atoms with van der Waals surface area (Å²) < 4.78 is 14.0. The summed E-state index contributed by atoms with van der Waals surface area (Å²) in [5.74, 6) is 0. The number of ether oxygens (including phenoxy) is 3. The minimum absolute atomic E-state index is 0.0194. The quantitative estimate of drug-likeness (QED) is 0.486. The second-order valence-corrected chi connectivity index (χ2v) is 1.80. The van der Waals surface area contributed by atoms with Gasteiger partial charge in [0.2, 0.25) is 0 Å². The van der Waals surface area contributed by atoms with Crippen LogP contribution < -0.4 is 5.11 Å². The summed E-state index contributed by atoms with van der Waals surface area (Å²) in [6.45, 7) is 1.73. The largest absolute Gasteiger partial charge is 0.829 e. The van der Waals surface area contributed by atoms with E-state index in [-0.39, 0.29) is 12.9 Å². The smallest absolute Gasteiger partial charge is 0.154 e. The number of methoxy groups -OCH3 is 2. The first kappa shape index (κ1) is 9.84. The van der Waals surface area contributed by atoms with Crippen LogP contribution in [-0.4, -0.2) is 33.4 Å². The van der Waals surface area contributed by atoms with Gasteiger partial charge in [0.1, 0.15) is 0 Å². The van der Waals surface area contributed by atoms with Crippen LogP contribution in [-0.2, 0) is 14.2 Å². The molecule has 0 spiro atoms. The number of hydrogen-bond donors (Lipinski definition) is 0. The van der Waals surface area contributed by atoms with Crippen LogP contribution in [0.5, 0.6) is 0 Å². The van der Waals surface area contributed by atoms with Crippen LogP contribution in [0.4, 0.5) is 0 Å². The molecule has 4 nitrogen and oxygen atoms in total. The van der Waals surface area contributed by atoms with E-state index in [0.717, 1.165) is 0 Å². The molecule has 0 saturated carbocycles. The van der Waals surface area contributed by atoms with Gasteiger partial charge in [0.05, 0.1) is 6.61 Å². The molecule has 0 heterocycles. The lowest BCUT2D eigenvalue weighted by Gasteiger charge is -2.21. The van der Waals surface area contributed by atoms with E-state index < -0.39 is 6.29 Å². The van der Waals surface area contributed by atoms with Crippen LogP contribution in [0.1, 0.15) is 6.92 Å². The van der Waals surface area contributed by atoms with Crippen molar-refractivity contribution < 1.29 is 19.3 Å². The normalized spacial score (nSPS) is 16.8. The van der Waals surface area contributed by atoms with Crippen molar-refractivity contribution in [3.05, 3.63) is 0 Å². The van der Waals surface area contributed by atoms with Gasteiger partial charge in [-0.3, -0.25) is 0 Å². The first-order chi connectivity index (χ1) is 4.70. The molecule has 0 aromatic heterocycles. The van der Waals surface area contributed by atoms with Gasteiger partial charge in [-0.25, -0.2) is 0 Å². The zero-order valence-electron chi connectivity index (χ0n) is 6.49. The van der Waals surface area contributed by atoms with E-state index in [4.69, 9.17) is 9.47 Å². The highest BCUT2D eigenvalue weighted by Gasteiger charge is 1.98. The molecule has 0 aliphatic heterocycles. The molecule has 0 N–H and O–H groups in total. The van der Waals surface area contributed by atoms with Gasteiger partial charge >= 0.3 is 0 Å². The van der Waals surface area contributed by atoms with Gasteiger partial charge < -0.3 is 19.3 Å². The zero-order valence-corrected chi connectivity index (χ0v) is 6.49. The lowest BCUT2D eigenvalue weighted by atomic mass is 10.6. The van der Waals surface area contributed by atoms with E-state index in [1.54, 1.807) is 6.92 Å². The molecule has 0 aromatic rings. The monoisotopic (exact) mass is 149 g/mol. The van der Waals surface area contributed by atoms with Crippen molar-refractivity contribution in [2.75, 3.05) is 20.8 Å². The van der Waals surface area contributed by atoms with Gasteiger partial charge in [-0.1, -0.05) is 0 Å². The third-order valence-electron chi connectivity index (χ3n) is 1.06. The molecule has 0 saturated heterocycles. The molecular formula is C6H13O4-. The lowest BCUT2D eigenvalue weighted by Crippen LogP contribution is -2.33. The maximum absolute atomic E-state index is 10.5. The highest BCUT2D eigenvalue weighted by atomic mass is 16.7. The summed E-state index contributed by atoms with van der Waals surface area (Å²) in [6, 6.07) is 0. The summed E-state index contributed by atoms with van der Waals surface area (Å²) >= 11 is 0. The highest BCUT2D eigenvalue weighted by molar-refractivity contribution is 4.34. The minimum atomic E-state index is -1.11. The molecule has 0 amide bonds. The molecule has 4 heteroatoms. The Morgan fingerprint density at radius 1 is 1.30 bits per heavy atom. The lowest BCUT2D eigenvalue weighted by molar-refractivity contribution is -0.496. The van der Waals surface area contributed by atoms with Crippen molar-refractivity contribution in [2.45, 2.75) is 19.5 Å². The van der Waals surface area contributed by atoms with E-state index in [1.807, 2.05) is 0 Å². The molecule has 0 radical (unpaired) electrons. The summed E-state index contributed by atoms with van der Waals surface area (Å²) in [5.41, 5.74) is 0. The van der Waals surface area contributed by atoms with E-state index >= 15 is 0 Å². The fourth-order valence-corrected chi connectivity index (χ4v) is 0.350. The molecule has 0 fully saturated rings. The molecule has 0 bridgehead atoms. The molecule has 10 heavy (non-hydrogen) atoms. The van der Waals surface area contributed by atoms with Crippen LogP contribution >= 0.6 is 0 Å². The van der Waals surface area contributed by atoms with Crippen molar-refractivity contribution in [3.8, 4) is 0 Å². The molecule has 2 unspecified atom stereocenters. The first-order valence-electron chi connectivity index (χ1n) is 3.03. The minimum Gasteiger partial charge on any atom is -0.829 e. The predicted octanol–water partition coefficient (Wildman–Crippen LogP) is -0.672. The second-order valence-electron chi connectivity index (χ2n) is 1.80. The SMILES string of the molecule is COC([O-])COC(C)OC. The van der Waals surface area contributed by atoms with Gasteiger partial charge in [-0.15, -0.1) is 0 Å². The van der Waals surface area contributed by atoms with Crippen LogP contribution in [0.15, 0.2) is 0 Å². The van der Waals surface area contributed by atoms with Crippen molar-refractivity contribution in [1.82, 2.24) is 0 Å². The summed E-state index contributed by atoms with van der Waals surface area (Å²) in [4.78, 5) is 0. The van der Waals surface area contributed by atoms with Gasteiger partial charge in [0.25, 0.3) is 0 Å². The Labute approximate surface area is 60.7 Å². The average molecular weight is 149 g/mol. The Kier molecular flexibility index (Phi) is 5.52. The standard InChI is InChI=1S/C6H13O4/c1-5(8-2)10-4-6(7)9-3/h5-6H,4H2,1-3H3/q-1. The molecule has 2 atom stereocenters. The van der Waals surface area contributed by atoms with Crippen molar-refractivity contribution >= 4 is 0 Å². The van der Waals surface area contributed by atoms with E-state index in [1.165, 1.54) is 14.2 Å². The maximum atomic E-state index is 10.5. The summed E-state index contributed by atoms with van der Waals surface area (Å²) in [5, 5.41) is 10.5. The molecular weight excluding hydrogens is 136 g/mol. The summed E-state index contributed by atoms with van der Waals surface area (Å²) in [7, 11) is 2.86. The Morgan fingerprint density at radius 3 is 2.30 bits per heavy atom. The molecule has 0 aliphatic carbocycles. The molecule has 0 rings (SSSR count). The number of hydrogen-bond acceptors (Lipinski definition) is 4. The summed E-state index contributed by atoms with van der Waals surface area (Å²) in [6.07, 6.45) is -1.45.